The van der Waals surface area contributed by atoms with Crippen LogP contribution in [0, 0.1) is 11.8 Å². The summed E-state index contributed by atoms with van der Waals surface area (Å²) in [5.41, 5.74) is -0.412. The lowest BCUT2D eigenvalue weighted by Crippen LogP contribution is -2.43. The number of carbonyl (C=O) groups is 2. The van der Waals surface area contributed by atoms with Gasteiger partial charge in [-0.1, -0.05) is 13.8 Å². The van der Waals surface area contributed by atoms with Gasteiger partial charge < -0.3 is 10.2 Å². The molecule has 0 spiro atoms. The zero-order valence-electron chi connectivity index (χ0n) is 13.0. The minimum Gasteiger partial charge on any atom is -0.355 e. The Balaban J connectivity index is 1.69. The largest absolute Gasteiger partial charge is 0.355 e. The summed E-state index contributed by atoms with van der Waals surface area (Å²) in [6.07, 6.45) is 1.86. The molecule has 2 amide bonds. The van der Waals surface area contributed by atoms with Crippen LogP contribution in [0.25, 0.3) is 0 Å². The fourth-order valence-corrected chi connectivity index (χ4v) is 2.58. The third-order valence-electron chi connectivity index (χ3n) is 3.89. The molecule has 0 unspecified atom stereocenters. The molecule has 8 heteroatoms. The highest BCUT2D eigenvalue weighted by atomic mass is 16.2. The van der Waals surface area contributed by atoms with Crippen LogP contribution in [0.2, 0.25) is 0 Å². The number of rotatable bonds is 5. The van der Waals surface area contributed by atoms with Crippen LogP contribution in [0.3, 0.4) is 0 Å². The first-order chi connectivity index (χ1) is 10.5. The van der Waals surface area contributed by atoms with Gasteiger partial charge in [-0.25, -0.2) is 9.89 Å². The first kappa shape index (κ1) is 16.3. The van der Waals surface area contributed by atoms with E-state index < -0.39 is 5.69 Å². The number of hydrogen-bond donors (Lipinski definition) is 3. The molecule has 1 fully saturated rings. The van der Waals surface area contributed by atoms with Gasteiger partial charge >= 0.3 is 5.69 Å². The molecule has 1 aromatic heterocycles. The Labute approximate surface area is 128 Å². The van der Waals surface area contributed by atoms with E-state index in [0.717, 1.165) is 25.9 Å². The summed E-state index contributed by atoms with van der Waals surface area (Å²) in [5.74, 6) is 0.791. The second-order valence-corrected chi connectivity index (χ2v) is 6.03. The van der Waals surface area contributed by atoms with Gasteiger partial charge in [-0.05, 0) is 18.8 Å². The molecule has 1 saturated heterocycles. The van der Waals surface area contributed by atoms with E-state index in [-0.39, 0.29) is 24.2 Å². The van der Waals surface area contributed by atoms with Gasteiger partial charge in [0.15, 0.2) is 0 Å². The maximum absolute atomic E-state index is 11.9. The number of aromatic amines is 2. The highest BCUT2D eigenvalue weighted by molar-refractivity contribution is 5.78. The number of amides is 2. The number of aromatic nitrogens is 3. The number of nitrogens with one attached hydrogen (secondary N) is 3. The van der Waals surface area contributed by atoms with Crippen molar-refractivity contribution >= 4 is 11.8 Å². The summed E-state index contributed by atoms with van der Waals surface area (Å²) in [6.45, 7) is 5.92. The minimum atomic E-state index is -0.412. The number of carbonyl (C=O) groups excluding carboxylic acids is 2. The Morgan fingerprint density at radius 3 is 2.59 bits per heavy atom. The monoisotopic (exact) mass is 309 g/mol. The van der Waals surface area contributed by atoms with Gasteiger partial charge in [-0.15, -0.1) is 0 Å². The van der Waals surface area contributed by atoms with Gasteiger partial charge in [0.25, 0.3) is 0 Å². The number of H-pyrrole nitrogens is 2. The molecule has 0 aromatic carbocycles. The average molecular weight is 309 g/mol. The van der Waals surface area contributed by atoms with Gasteiger partial charge in [0.05, 0.1) is 6.42 Å². The smallest absolute Gasteiger partial charge is 0.340 e. The summed E-state index contributed by atoms with van der Waals surface area (Å²) in [6, 6.07) is 0. The summed E-state index contributed by atoms with van der Waals surface area (Å²) < 4.78 is 0. The van der Waals surface area contributed by atoms with E-state index >= 15 is 0 Å². The van der Waals surface area contributed by atoms with E-state index in [4.69, 9.17) is 0 Å². The molecule has 122 valence electrons. The minimum absolute atomic E-state index is 0.0345. The van der Waals surface area contributed by atoms with Crippen molar-refractivity contribution in [2.24, 2.45) is 11.8 Å². The topological polar surface area (TPSA) is 111 Å². The molecule has 0 saturated carbocycles. The van der Waals surface area contributed by atoms with E-state index in [0.29, 0.717) is 18.3 Å². The molecule has 22 heavy (non-hydrogen) atoms. The molecular formula is C14H23N5O3. The summed E-state index contributed by atoms with van der Waals surface area (Å²) in [4.78, 5) is 38.9. The average Bonchev–Trinajstić information content (AvgIpc) is 2.90. The van der Waals surface area contributed by atoms with Crippen molar-refractivity contribution in [3.8, 4) is 0 Å². The molecule has 1 aliphatic rings. The molecular weight excluding hydrogens is 286 g/mol. The lowest BCUT2D eigenvalue weighted by molar-refractivity contribution is -0.136. The molecule has 2 heterocycles. The second-order valence-electron chi connectivity index (χ2n) is 6.03. The molecule has 0 bridgehead atoms. The van der Waals surface area contributed by atoms with Crippen LogP contribution in [-0.2, 0) is 16.0 Å². The van der Waals surface area contributed by atoms with Gasteiger partial charge in [0.1, 0.15) is 5.82 Å². The van der Waals surface area contributed by atoms with Gasteiger partial charge in [-0.3, -0.25) is 14.6 Å². The van der Waals surface area contributed by atoms with Gasteiger partial charge in [0.2, 0.25) is 11.8 Å². The quantitative estimate of drug-likeness (QED) is 0.690. The van der Waals surface area contributed by atoms with Crippen LogP contribution >= 0.6 is 0 Å². The van der Waals surface area contributed by atoms with Crippen molar-refractivity contribution in [1.82, 2.24) is 25.4 Å². The van der Waals surface area contributed by atoms with Crippen molar-refractivity contribution in [3.05, 3.63) is 16.3 Å². The van der Waals surface area contributed by atoms with Crippen molar-refractivity contribution in [2.45, 2.75) is 33.1 Å². The normalized spacial score (nSPS) is 16.0. The Hall–Kier alpha value is -2.12. The highest BCUT2D eigenvalue weighted by Gasteiger charge is 2.24. The molecule has 1 aromatic rings. The van der Waals surface area contributed by atoms with E-state index in [1.54, 1.807) is 0 Å². The fraction of sp³-hybridized carbons (Fsp3) is 0.714. The molecule has 1 aliphatic heterocycles. The molecule has 3 N–H and O–H groups in total. The predicted molar refractivity (Wildman–Crippen MR) is 80.1 cm³/mol. The zero-order chi connectivity index (χ0) is 16.1. The molecule has 0 aliphatic carbocycles. The van der Waals surface area contributed by atoms with Crippen LogP contribution in [0.4, 0.5) is 0 Å². The maximum atomic E-state index is 11.9. The lowest BCUT2D eigenvalue weighted by atomic mass is 9.96. The van der Waals surface area contributed by atoms with Gasteiger partial charge in [-0.2, -0.15) is 5.10 Å². The molecule has 8 nitrogen and oxygen atoms in total. The van der Waals surface area contributed by atoms with Gasteiger partial charge in [0, 0.05) is 25.6 Å². The number of nitrogens with zero attached hydrogens (tertiary/aromatic N) is 2. The van der Waals surface area contributed by atoms with E-state index in [2.05, 4.69) is 20.5 Å². The third kappa shape index (κ3) is 4.44. The standard InChI is InChI=1S/C14H23N5O3/c1-9(2)13(21)19-5-3-10(4-6-19)8-15-12(20)7-11-16-14(22)18-17-11/h9-10H,3-8H2,1-2H3,(H,15,20)(H2,16,17,18,22). The van der Waals surface area contributed by atoms with E-state index in [1.165, 1.54) is 0 Å². The van der Waals surface area contributed by atoms with E-state index in [1.807, 2.05) is 18.7 Å². The molecule has 0 radical (unpaired) electrons. The van der Waals surface area contributed by atoms with Crippen molar-refractivity contribution < 1.29 is 9.59 Å². The first-order valence-corrected chi connectivity index (χ1v) is 7.64. The SMILES string of the molecule is CC(C)C(=O)N1CCC(CNC(=O)Cc2n[nH]c(=O)[nH]2)CC1. The third-order valence-corrected chi connectivity index (χ3v) is 3.89. The summed E-state index contributed by atoms with van der Waals surface area (Å²) in [7, 11) is 0. The molecule has 2 rings (SSSR count). The van der Waals surface area contributed by atoms with Crippen LogP contribution < -0.4 is 11.0 Å². The highest BCUT2D eigenvalue weighted by Crippen LogP contribution is 2.18. The summed E-state index contributed by atoms with van der Waals surface area (Å²) >= 11 is 0. The predicted octanol–water partition coefficient (Wildman–Crippen LogP) is -0.349. The zero-order valence-corrected chi connectivity index (χ0v) is 13.0. The Bertz CT molecular complexity index is 569. The van der Waals surface area contributed by atoms with Crippen molar-refractivity contribution in [1.29, 1.82) is 0 Å². The fourth-order valence-electron chi connectivity index (χ4n) is 2.58. The molecule has 0 atom stereocenters. The summed E-state index contributed by atoms with van der Waals surface area (Å²) in [5, 5.41) is 8.78. The number of hydrogen-bond acceptors (Lipinski definition) is 4. The van der Waals surface area contributed by atoms with Crippen LogP contribution in [0.1, 0.15) is 32.5 Å². The van der Waals surface area contributed by atoms with Crippen LogP contribution in [-0.4, -0.2) is 51.5 Å². The van der Waals surface area contributed by atoms with Crippen LogP contribution in [0.15, 0.2) is 4.79 Å². The first-order valence-electron chi connectivity index (χ1n) is 7.64. The Morgan fingerprint density at radius 2 is 2.05 bits per heavy atom. The van der Waals surface area contributed by atoms with Crippen molar-refractivity contribution in [3.63, 3.8) is 0 Å². The Morgan fingerprint density at radius 1 is 1.36 bits per heavy atom. The number of piperidine rings is 1. The number of likely N-dealkylation sites (tertiary alicyclic amines) is 1. The van der Waals surface area contributed by atoms with Crippen molar-refractivity contribution in [2.75, 3.05) is 19.6 Å². The Kier molecular flexibility index (Phi) is 5.35. The second kappa shape index (κ2) is 7.24. The lowest BCUT2D eigenvalue weighted by Gasteiger charge is -2.33. The van der Waals surface area contributed by atoms with E-state index in [9.17, 15) is 14.4 Å². The van der Waals surface area contributed by atoms with Crippen LogP contribution in [0.5, 0.6) is 0 Å². The maximum Gasteiger partial charge on any atom is 0.340 e.